The third-order valence-corrected chi connectivity index (χ3v) is 4.50. The van der Waals surface area contributed by atoms with Gasteiger partial charge < -0.3 is 10.2 Å². The first kappa shape index (κ1) is 15.4. The molecule has 1 aliphatic rings. The van der Waals surface area contributed by atoms with Crippen LogP contribution in [0.5, 0.6) is 0 Å². The van der Waals surface area contributed by atoms with Crippen molar-refractivity contribution >= 4 is 6.03 Å². The number of nitrogens with zero attached hydrogens (tertiary/aromatic N) is 4. The number of nitrogens with one attached hydrogen (secondary N) is 1. The minimum absolute atomic E-state index is 0.0610. The Balaban J connectivity index is 1.47. The second-order valence-electron chi connectivity index (χ2n) is 6.15. The van der Waals surface area contributed by atoms with Crippen molar-refractivity contribution in [3.05, 3.63) is 84.2 Å². The molecule has 0 spiro atoms. The lowest BCUT2D eigenvalue weighted by Crippen LogP contribution is -2.55. The molecule has 0 radical (unpaired) electrons. The number of aromatic nitrogens is 3. The Labute approximate surface area is 146 Å². The number of carbonyl (C=O) groups excluding carboxylic acids is 1. The van der Waals surface area contributed by atoms with Gasteiger partial charge in [0.15, 0.2) is 0 Å². The Morgan fingerprint density at radius 2 is 1.60 bits per heavy atom. The standard InChI is InChI=1S/C19H19N5O/c25-19(23-13-17(14-23)24-12-11-20-22-24)21-18(15-7-3-1-4-8-15)16-9-5-2-6-10-16/h1-12,17-18H,13-14H2,(H,21,25). The van der Waals surface area contributed by atoms with Crippen molar-refractivity contribution in [1.29, 1.82) is 0 Å². The van der Waals surface area contributed by atoms with E-state index in [2.05, 4.69) is 15.6 Å². The number of urea groups is 1. The molecule has 0 unspecified atom stereocenters. The molecular formula is C19H19N5O. The van der Waals surface area contributed by atoms with E-state index in [0.717, 1.165) is 11.1 Å². The lowest BCUT2D eigenvalue weighted by Gasteiger charge is -2.39. The molecule has 1 aliphatic heterocycles. The van der Waals surface area contributed by atoms with Crippen molar-refractivity contribution in [3.63, 3.8) is 0 Å². The molecule has 2 heterocycles. The third-order valence-electron chi connectivity index (χ3n) is 4.50. The van der Waals surface area contributed by atoms with Crippen molar-refractivity contribution in [1.82, 2.24) is 25.2 Å². The van der Waals surface area contributed by atoms with Gasteiger partial charge in [0.1, 0.15) is 0 Å². The molecule has 126 valence electrons. The summed E-state index contributed by atoms with van der Waals surface area (Å²) in [6, 6.07) is 20.0. The van der Waals surface area contributed by atoms with Gasteiger partial charge in [0.25, 0.3) is 0 Å². The number of hydrogen-bond acceptors (Lipinski definition) is 3. The van der Waals surface area contributed by atoms with Crippen LogP contribution in [0.4, 0.5) is 4.79 Å². The van der Waals surface area contributed by atoms with E-state index in [1.54, 1.807) is 15.8 Å². The highest BCUT2D eigenvalue weighted by Gasteiger charge is 2.33. The van der Waals surface area contributed by atoms with Crippen LogP contribution in [-0.4, -0.2) is 39.0 Å². The summed E-state index contributed by atoms with van der Waals surface area (Å²) in [4.78, 5) is 14.5. The molecule has 3 aromatic rings. The second kappa shape index (κ2) is 6.76. The van der Waals surface area contributed by atoms with Gasteiger partial charge in [-0.2, -0.15) is 0 Å². The maximum atomic E-state index is 12.7. The molecule has 0 bridgehead atoms. The average molecular weight is 333 g/mol. The topological polar surface area (TPSA) is 63.1 Å². The molecule has 0 atom stereocenters. The van der Waals surface area contributed by atoms with Crippen LogP contribution in [0.25, 0.3) is 0 Å². The quantitative estimate of drug-likeness (QED) is 0.798. The van der Waals surface area contributed by atoms with Crippen LogP contribution >= 0.6 is 0 Å². The van der Waals surface area contributed by atoms with E-state index in [4.69, 9.17) is 0 Å². The number of rotatable bonds is 4. The van der Waals surface area contributed by atoms with E-state index in [-0.39, 0.29) is 18.1 Å². The normalized spacial score (nSPS) is 14.4. The molecule has 6 heteroatoms. The minimum atomic E-state index is -0.166. The van der Waals surface area contributed by atoms with Crippen molar-refractivity contribution in [2.24, 2.45) is 0 Å². The lowest BCUT2D eigenvalue weighted by molar-refractivity contribution is 0.116. The summed E-state index contributed by atoms with van der Waals surface area (Å²) in [5.74, 6) is 0. The largest absolute Gasteiger partial charge is 0.327 e. The Kier molecular flexibility index (Phi) is 4.16. The highest BCUT2D eigenvalue weighted by Crippen LogP contribution is 2.24. The first-order valence-corrected chi connectivity index (χ1v) is 8.32. The predicted molar refractivity (Wildman–Crippen MR) is 93.9 cm³/mol. The highest BCUT2D eigenvalue weighted by molar-refractivity contribution is 5.76. The third kappa shape index (κ3) is 3.24. The average Bonchev–Trinajstić information content (AvgIpc) is 3.14. The zero-order valence-corrected chi connectivity index (χ0v) is 13.7. The van der Waals surface area contributed by atoms with Crippen molar-refractivity contribution in [3.8, 4) is 0 Å². The minimum Gasteiger partial charge on any atom is -0.327 e. The van der Waals surface area contributed by atoms with Gasteiger partial charge in [-0.25, -0.2) is 9.48 Å². The summed E-state index contributed by atoms with van der Waals surface area (Å²) in [6.07, 6.45) is 3.49. The highest BCUT2D eigenvalue weighted by atomic mass is 16.2. The molecule has 1 fully saturated rings. The molecule has 0 saturated carbocycles. The van der Waals surface area contributed by atoms with Gasteiger partial charge in [0.05, 0.1) is 18.3 Å². The van der Waals surface area contributed by atoms with Gasteiger partial charge in [-0.15, -0.1) is 5.10 Å². The fourth-order valence-electron chi connectivity index (χ4n) is 3.07. The molecule has 1 N–H and O–H groups in total. The fraction of sp³-hybridized carbons (Fsp3) is 0.211. The fourth-order valence-corrected chi connectivity index (χ4v) is 3.07. The van der Waals surface area contributed by atoms with Crippen LogP contribution in [0.3, 0.4) is 0 Å². The molecule has 6 nitrogen and oxygen atoms in total. The monoisotopic (exact) mass is 333 g/mol. The Morgan fingerprint density at radius 1 is 1.00 bits per heavy atom. The first-order valence-electron chi connectivity index (χ1n) is 8.32. The molecule has 1 aromatic heterocycles. The Bertz CT molecular complexity index is 774. The van der Waals surface area contributed by atoms with Crippen LogP contribution in [0.2, 0.25) is 0 Å². The van der Waals surface area contributed by atoms with Gasteiger partial charge >= 0.3 is 6.03 Å². The Morgan fingerprint density at radius 3 is 2.12 bits per heavy atom. The van der Waals surface area contributed by atoms with E-state index in [9.17, 15) is 4.79 Å². The number of hydrogen-bond donors (Lipinski definition) is 1. The summed E-state index contributed by atoms with van der Waals surface area (Å²) in [6.45, 7) is 1.29. The van der Waals surface area contributed by atoms with Crippen molar-refractivity contribution in [2.75, 3.05) is 13.1 Å². The van der Waals surface area contributed by atoms with E-state index in [1.165, 1.54) is 0 Å². The van der Waals surface area contributed by atoms with Crippen LogP contribution in [0.1, 0.15) is 23.2 Å². The number of benzene rings is 2. The molecule has 2 aromatic carbocycles. The summed E-state index contributed by atoms with van der Waals surface area (Å²) >= 11 is 0. The summed E-state index contributed by atoms with van der Waals surface area (Å²) in [5, 5.41) is 11.0. The zero-order valence-electron chi connectivity index (χ0n) is 13.7. The molecule has 0 aliphatic carbocycles. The predicted octanol–water partition coefficient (Wildman–Crippen LogP) is 2.63. The van der Waals surface area contributed by atoms with Gasteiger partial charge in [0.2, 0.25) is 0 Å². The van der Waals surface area contributed by atoms with Gasteiger partial charge in [-0.3, -0.25) is 0 Å². The molecule has 25 heavy (non-hydrogen) atoms. The smallest absolute Gasteiger partial charge is 0.318 e. The SMILES string of the molecule is O=C(NC(c1ccccc1)c1ccccc1)N1CC(n2ccnn2)C1. The van der Waals surface area contributed by atoms with E-state index in [1.807, 2.05) is 66.9 Å². The zero-order chi connectivity index (χ0) is 17.1. The Hall–Kier alpha value is -3.15. The second-order valence-corrected chi connectivity index (χ2v) is 6.15. The summed E-state index contributed by atoms with van der Waals surface area (Å²) in [7, 11) is 0. The van der Waals surface area contributed by atoms with Crippen LogP contribution in [0, 0.1) is 0 Å². The molecule has 2 amide bonds. The first-order chi connectivity index (χ1) is 12.3. The van der Waals surface area contributed by atoms with Gasteiger partial charge in [-0.05, 0) is 11.1 Å². The van der Waals surface area contributed by atoms with E-state index in [0.29, 0.717) is 13.1 Å². The van der Waals surface area contributed by atoms with E-state index >= 15 is 0 Å². The van der Waals surface area contributed by atoms with Crippen molar-refractivity contribution < 1.29 is 4.79 Å². The molecule has 4 rings (SSSR count). The lowest BCUT2D eigenvalue weighted by atomic mass is 9.99. The van der Waals surface area contributed by atoms with Crippen LogP contribution in [0.15, 0.2) is 73.1 Å². The maximum Gasteiger partial charge on any atom is 0.318 e. The number of carbonyl (C=O) groups is 1. The summed E-state index contributed by atoms with van der Waals surface area (Å²) < 4.78 is 1.80. The molecular weight excluding hydrogens is 314 g/mol. The number of amides is 2. The van der Waals surface area contributed by atoms with Gasteiger partial charge in [0, 0.05) is 19.3 Å². The maximum absolute atomic E-state index is 12.7. The van der Waals surface area contributed by atoms with Crippen LogP contribution in [-0.2, 0) is 0 Å². The van der Waals surface area contributed by atoms with Crippen LogP contribution < -0.4 is 5.32 Å². The van der Waals surface area contributed by atoms with E-state index < -0.39 is 0 Å². The van der Waals surface area contributed by atoms with Gasteiger partial charge in [-0.1, -0.05) is 65.9 Å². The summed E-state index contributed by atoms with van der Waals surface area (Å²) in [5.41, 5.74) is 2.13. The number of likely N-dealkylation sites (tertiary alicyclic amines) is 1. The molecule has 1 saturated heterocycles. The van der Waals surface area contributed by atoms with Crippen molar-refractivity contribution in [2.45, 2.75) is 12.1 Å².